The van der Waals surface area contributed by atoms with Crippen LogP contribution in [0, 0.1) is 5.41 Å². The smallest absolute Gasteiger partial charge is 0.224 e. The first-order valence-corrected chi connectivity index (χ1v) is 9.12. The van der Waals surface area contributed by atoms with Gasteiger partial charge in [0.25, 0.3) is 0 Å². The van der Waals surface area contributed by atoms with Gasteiger partial charge < -0.3 is 25.4 Å². The van der Waals surface area contributed by atoms with E-state index in [2.05, 4.69) is 0 Å². The first-order valence-electron chi connectivity index (χ1n) is 9.12. The summed E-state index contributed by atoms with van der Waals surface area (Å²) in [5.41, 5.74) is 5.30. The third-order valence-electron chi connectivity index (χ3n) is 5.99. The molecular formula is C17H29N3O4. The fourth-order valence-corrected chi connectivity index (χ4v) is 4.33. The minimum absolute atomic E-state index is 0.0653. The molecule has 0 unspecified atom stereocenters. The molecule has 0 bridgehead atoms. The monoisotopic (exact) mass is 339 g/mol. The Morgan fingerprint density at radius 1 is 1.33 bits per heavy atom. The first kappa shape index (κ1) is 17.6. The average Bonchev–Trinajstić information content (AvgIpc) is 3.01. The molecule has 3 N–H and O–H groups in total. The van der Waals surface area contributed by atoms with Gasteiger partial charge in [0.2, 0.25) is 11.8 Å². The quantitative estimate of drug-likeness (QED) is 0.694. The highest BCUT2D eigenvalue weighted by Gasteiger charge is 2.56. The second kappa shape index (κ2) is 7.37. The molecule has 3 aliphatic rings. The second-order valence-electron chi connectivity index (χ2n) is 7.25. The molecule has 0 radical (unpaired) electrons. The van der Waals surface area contributed by atoms with Crippen molar-refractivity contribution < 1.29 is 19.4 Å². The summed E-state index contributed by atoms with van der Waals surface area (Å²) in [5, 5.41) is 10.2. The third-order valence-corrected chi connectivity index (χ3v) is 5.99. The number of aliphatic hydroxyl groups excluding tert-OH is 1. The van der Waals surface area contributed by atoms with Crippen LogP contribution in [0.5, 0.6) is 0 Å². The van der Waals surface area contributed by atoms with Crippen molar-refractivity contribution in [3.8, 4) is 0 Å². The van der Waals surface area contributed by atoms with Crippen LogP contribution in [0.3, 0.4) is 0 Å². The molecule has 2 atom stereocenters. The minimum atomic E-state index is -0.334. The standard InChI is InChI=1S/C17H29N3O4/c18-6-11-24-14-12-13(21)17(14)4-9-20(10-5-17)16(23)3-8-19-7-1-2-15(19)22/h13-14,21H,1-12,18H2/t13-,14+/m1/s1. The van der Waals surface area contributed by atoms with Crippen LogP contribution in [0.4, 0.5) is 0 Å². The number of hydrogen-bond acceptors (Lipinski definition) is 5. The molecule has 2 saturated heterocycles. The number of amides is 2. The summed E-state index contributed by atoms with van der Waals surface area (Å²) >= 11 is 0. The maximum absolute atomic E-state index is 12.4. The maximum atomic E-state index is 12.4. The Hall–Kier alpha value is -1.18. The van der Waals surface area contributed by atoms with Crippen molar-refractivity contribution in [1.82, 2.24) is 9.80 Å². The van der Waals surface area contributed by atoms with E-state index in [1.807, 2.05) is 4.90 Å². The van der Waals surface area contributed by atoms with Crippen molar-refractivity contribution >= 4 is 11.8 Å². The predicted molar refractivity (Wildman–Crippen MR) is 88.1 cm³/mol. The van der Waals surface area contributed by atoms with E-state index in [4.69, 9.17) is 10.5 Å². The predicted octanol–water partition coefficient (Wildman–Crippen LogP) is -0.284. The molecule has 24 heavy (non-hydrogen) atoms. The lowest BCUT2D eigenvalue weighted by atomic mass is 9.58. The van der Waals surface area contributed by atoms with E-state index in [1.54, 1.807) is 4.90 Å². The first-order chi connectivity index (χ1) is 11.6. The fraction of sp³-hybridized carbons (Fsp3) is 0.882. The molecule has 1 saturated carbocycles. The van der Waals surface area contributed by atoms with Gasteiger partial charge in [-0.05, 0) is 19.3 Å². The summed E-state index contributed by atoms with van der Waals surface area (Å²) < 4.78 is 5.78. The van der Waals surface area contributed by atoms with Gasteiger partial charge in [-0.2, -0.15) is 0 Å². The topological polar surface area (TPSA) is 96.1 Å². The molecule has 3 fully saturated rings. The Kier molecular flexibility index (Phi) is 5.42. The van der Waals surface area contributed by atoms with E-state index < -0.39 is 0 Å². The molecule has 7 heteroatoms. The van der Waals surface area contributed by atoms with Crippen molar-refractivity contribution in [2.24, 2.45) is 11.1 Å². The van der Waals surface area contributed by atoms with Gasteiger partial charge in [-0.25, -0.2) is 0 Å². The molecule has 136 valence electrons. The van der Waals surface area contributed by atoms with Gasteiger partial charge in [0.1, 0.15) is 0 Å². The van der Waals surface area contributed by atoms with Crippen LogP contribution < -0.4 is 5.73 Å². The number of piperidine rings is 1. The molecule has 3 rings (SSSR count). The molecule has 2 amide bonds. The van der Waals surface area contributed by atoms with E-state index in [1.165, 1.54) is 0 Å². The van der Waals surface area contributed by atoms with Crippen molar-refractivity contribution in [2.75, 3.05) is 39.3 Å². The van der Waals surface area contributed by atoms with E-state index in [9.17, 15) is 14.7 Å². The maximum Gasteiger partial charge on any atom is 0.224 e. The fourth-order valence-electron chi connectivity index (χ4n) is 4.33. The van der Waals surface area contributed by atoms with Crippen LogP contribution in [0.1, 0.15) is 38.5 Å². The van der Waals surface area contributed by atoms with Crippen molar-refractivity contribution in [1.29, 1.82) is 0 Å². The highest BCUT2D eigenvalue weighted by molar-refractivity contribution is 5.80. The van der Waals surface area contributed by atoms with E-state index in [0.717, 1.165) is 25.8 Å². The Bertz CT molecular complexity index is 476. The number of ether oxygens (including phenoxy) is 1. The summed E-state index contributed by atoms with van der Waals surface area (Å²) in [6, 6.07) is 0. The molecule has 0 aromatic carbocycles. The number of aliphatic hydroxyl groups is 1. The van der Waals surface area contributed by atoms with Crippen molar-refractivity contribution in [2.45, 2.75) is 50.7 Å². The van der Waals surface area contributed by atoms with E-state index in [-0.39, 0.29) is 29.4 Å². The highest BCUT2D eigenvalue weighted by Crippen LogP contribution is 2.50. The van der Waals surface area contributed by atoms with Gasteiger partial charge in [-0.3, -0.25) is 9.59 Å². The van der Waals surface area contributed by atoms with Crippen molar-refractivity contribution in [3.63, 3.8) is 0 Å². The SMILES string of the molecule is NCCO[C@H]1C[C@@H](O)C12CCN(C(=O)CCN1CCCC1=O)CC2. The normalized spacial score (nSPS) is 29.2. The number of likely N-dealkylation sites (tertiary alicyclic amines) is 2. The van der Waals surface area contributed by atoms with Crippen LogP contribution in [0.2, 0.25) is 0 Å². The molecule has 7 nitrogen and oxygen atoms in total. The summed E-state index contributed by atoms with van der Waals surface area (Å²) in [7, 11) is 0. The lowest BCUT2D eigenvalue weighted by molar-refractivity contribution is -0.210. The zero-order valence-electron chi connectivity index (χ0n) is 14.3. The van der Waals surface area contributed by atoms with E-state index in [0.29, 0.717) is 52.0 Å². The Morgan fingerprint density at radius 2 is 2.08 bits per heavy atom. The number of nitrogens with two attached hydrogens (primary N) is 1. The lowest BCUT2D eigenvalue weighted by Gasteiger charge is -2.56. The van der Waals surface area contributed by atoms with Crippen LogP contribution in [-0.2, 0) is 14.3 Å². The van der Waals surface area contributed by atoms with E-state index >= 15 is 0 Å². The Morgan fingerprint density at radius 3 is 2.67 bits per heavy atom. The zero-order valence-corrected chi connectivity index (χ0v) is 14.3. The van der Waals surface area contributed by atoms with Gasteiger partial charge in [0, 0.05) is 57.4 Å². The number of carbonyl (C=O) groups excluding carboxylic acids is 2. The van der Waals surface area contributed by atoms with Crippen LogP contribution in [0.25, 0.3) is 0 Å². The molecule has 0 aromatic rings. The Balaban J connectivity index is 1.45. The number of rotatable bonds is 6. The third kappa shape index (κ3) is 3.30. The van der Waals surface area contributed by atoms with Gasteiger partial charge >= 0.3 is 0 Å². The minimum Gasteiger partial charge on any atom is -0.392 e. The summed E-state index contributed by atoms with van der Waals surface area (Å²) in [4.78, 5) is 27.7. The van der Waals surface area contributed by atoms with Gasteiger partial charge in [0.15, 0.2) is 0 Å². The highest BCUT2D eigenvalue weighted by atomic mass is 16.5. The van der Waals surface area contributed by atoms with Crippen LogP contribution >= 0.6 is 0 Å². The lowest BCUT2D eigenvalue weighted by Crippen LogP contribution is -2.63. The molecule has 1 aliphatic carbocycles. The zero-order chi connectivity index (χ0) is 17.2. The largest absolute Gasteiger partial charge is 0.392 e. The Labute approximate surface area is 143 Å². The molecule has 1 spiro atoms. The summed E-state index contributed by atoms with van der Waals surface area (Å²) in [6.07, 6.45) is 3.87. The number of hydrogen-bond donors (Lipinski definition) is 2. The van der Waals surface area contributed by atoms with Gasteiger partial charge in [-0.15, -0.1) is 0 Å². The molecule has 0 aromatic heterocycles. The molecule has 2 aliphatic heterocycles. The number of nitrogens with zero attached hydrogens (tertiary/aromatic N) is 2. The summed E-state index contributed by atoms with van der Waals surface area (Å²) in [6.45, 7) is 3.64. The van der Waals surface area contributed by atoms with Crippen molar-refractivity contribution in [3.05, 3.63) is 0 Å². The molecule has 2 heterocycles. The summed E-state index contributed by atoms with van der Waals surface area (Å²) in [5.74, 6) is 0.274. The van der Waals surface area contributed by atoms with Gasteiger partial charge in [0.05, 0.1) is 18.8 Å². The van der Waals surface area contributed by atoms with Crippen LogP contribution in [-0.4, -0.2) is 78.3 Å². The second-order valence-corrected chi connectivity index (χ2v) is 7.25. The van der Waals surface area contributed by atoms with Crippen LogP contribution in [0.15, 0.2) is 0 Å². The average molecular weight is 339 g/mol. The van der Waals surface area contributed by atoms with Gasteiger partial charge in [-0.1, -0.05) is 0 Å². The number of carbonyl (C=O) groups is 2. The molecular weight excluding hydrogens is 310 g/mol.